The van der Waals surface area contributed by atoms with Crippen molar-refractivity contribution in [3.05, 3.63) is 0 Å². The number of ketones is 1. The van der Waals surface area contributed by atoms with Gasteiger partial charge in [0.1, 0.15) is 11.4 Å². The zero-order chi connectivity index (χ0) is 13.9. The first-order valence-electron chi connectivity index (χ1n) is 6.75. The van der Waals surface area contributed by atoms with Crippen LogP contribution in [0.2, 0.25) is 0 Å². The number of ether oxygens (including phenoxy) is 1. The minimum Gasteiger partial charge on any atom is -0.444 e. The molecular weight excluding hydrogens is 230 g/mol. The summed E-state index contributed by atoms with van der Waals surface area (Å²) in [7, 11) is 0. The van der Waals surface area contributed by atoms with E-state index in [0.29, 0.717) is 18.2 Å². The van der Waals surface area contributed by atoms with E-state index in [1.807, 2.05) is 34.6 Å². The maximum Gasteiger partial charge on any atom is 0.407 e. The van der Waals surface area contributed by atoms with Crippen molar-refractivity contribution < 1.29 is 14.3 Å². The zero-order valence-corrected chi connectivity index (χ0v) is 12.1. The van der Waals surface area contributed by atoms with Gasteiger partial charge in [-0.2, -0.15) is 0 Å². The molecular formula is C14H25NO3. The normalized spacial score (nSPS) is 24.3. The molecule has 4 nitrogen and oxygen atoms in total. The number of nitrogens with one attached hydrogen (secondary N) is 1. The smallest absolute Gasteiger partial charge is 0.407 e. The molecule has 4 heteroatoms. The summed E-state index contributed by atoms with van der Waals surface area (Å²) < 4.78 is 5.15. The van der Waals surface area contributed by atoms with Gasteiger partial charge in [-0.25, -0.2) is 4.79 Å². The maximum absolute atomic E-state index is 11.9. The van der Waals surface area contributed by atoms with Crippen molar-refractivity contribution in [1.82, 2.24) is 5.32 Å². The number of alkyl carbamates (subject to hydrolysis) is 1. The summed E-state index contributed by atoms with van der Waals surface area (Å²) in [6.07, 6.45) is 1.39. The first-order valence-corrected chi connectivity index (χ1v) is 6.75. The third kappa shape index (κ3) is 4.67. The van der Waals surface area contributed by atoms with Crippen LogP contribution in [0.4, 0.5) is 4.79 Å². The van der Waals surface area contributed by atoms with E-state index in [1.165, 1.54) is 0 Å². The van der Waals surface area contributed by atoms with Crippen LogP contribution < -0.4 is 5.32 Å². The van der Waals surface area contributed by atoms with Gasteiger partial charge in [0.2, 0.25) is 0 Å². The molecule has 1 aliphatic rings. The lowest BCUT2D eigenvalue weighted by molar-refractivity contribution is -0.124. The van der Waals surface area contributed by atoms with E-state index < -0.39 is 11.7 Å². The summed E-state index contributed by atoms with van der Waals surface area (Å²) in [6.45, 7) is 10.0. The van der Waals surface area contributed by atoms with Crippen LogP contribution in [0, 0.1) is 17.8 Å². The van der Waals surface area contributed by atoms with Crippen LogP contribution in [0.5, 0.6) is 0 Å². The quantitative estimate of drug-likeness (QED) is 0.821. The van der Waals surface area contributed by atoms with Gasteiger partial charge in [-0.1, -0.05) is 13.8 Å². The zero-order valence-electron chi connectivity index (χ0n) is 12.1. The van der Waals surface area contributed by atoms with Gasteiger partial charge in [0.15, 0.2) is 0 Å². The number of carbonyl (C=O) groups is 2. The topological polar surface area (TPSA) is 55.4 Å². The Morgan fingerprint density at radius 1 is 1.39 bits per heavy atom. The van der Waals surface area contributed by atoms with Gasteiger partial charge in [-0.3, -0.25) is 4.79 Å². The number of hydrogen-bond donors (Lipinski definition) is 1. The summed E-state index contributed by atoms with van der Waals surface area (Å²) in [5.74, 6) is 0.934. The highest BCUT2D eigenvalue weighted by Gasteiger charge is 2.43. The average molecular weight is 255 g/mol. The summed E-state index contributed by atoms with van der Waals surface area (Å²) in [5, 5.41) is 2.73. The Balaban J connectivity index is 2.24. The minimum absolute atomic E-state index is 0.140. The predicted molar refractivity (Wildman–Crippen MR) is 70.3 cm³/mol. The van der Waals surface area contributed by atoms with Gasteiger partial charge in [-0.15, -0.1) is 0 Å². The molecule has 0 aromatic heterocycles. The van der Waals surface area contributed by atoms with E-state index in [4.69, 9.17) is 4.74 Å². The van der Waals surface area contributed by atoms with E-state index in [2.05, 4.69) is 5.32 Å². The fourth-order valence-corrected chi connectivity index (χ4v) is 1.92. The van der Waals surface area contributed by atoms with Crippen molar-refractivity contribution in [2.75, 3.05) is 6.54 Å². The second-order valence-electron chi connectivity index (χ2n) is 6.20. The summed E-state index contributed by atoms with van der Waals surface area (Å²) in [4.78, 5) is 23.3. The average Bonchev–Trinajstić information content (AvgIpc) is 3.01. The highest BCUT2D eigenvalue weighted by molar-refractivity contribution is 5.85. The number of rotatable bonds is 5. The van der Waals surface area contributed by atoms with Gasteiger partial charge < -0.3 is 10.1 Å². The van der Waals surface area contributed by atoms with Crippen LogP contribution in [0.3, 0.4) is 0 Å². The minimum atomic E-state index is -0.473. The number of hydrogen-bond acceptors (Lipinski definition) is 3. The highest BCUT2D eigenvalue weighted by Crippen LogP contribution is 2.40. The molecule has 0 aromatic carbocycles. The summed E-state index contributed by atoms with van der Waals surface area (Å²) in [5.41, 5.74) is -0.473. The summed E-state index contributed by atoms with van der Waals surface area (Å²) in [6, 6.07) is 0. The van der Waals surface area contributed by atoms with E-state index in [9.17, 15) is 9.59 Å². The van der Waals surface area contributed by atoms with Gasteiger partial charge in [-0.05, 0) is 39.5 Å². The Hall–Kier alpha value is -1.06. The third-order valence-corrected chi connectivity index (χ3v) is 3.29. The molecule has 1 amide bonds. The standard InChI is InChI=1S/C14H25NO3/c1-6-9(2)12(16)11-7-10(11)8-15-13(17)18-14(3,4)5/h9-11H,6-8H2,1-5H3,(H,15,17). The molecule has 0 spiro atoms. The van der Waals surface area contributed by atoms with Crippen LogP contribution in [0.1, 0.15) is 47.5 Å². The Morgan fingerprint density at radius 3 is 2.50 bits per heavy atom. The van der Waals surface area contributed by atoms with Crippen molar-refractivity contribution >= 4 is 11.9 Å². The Morgan fingerprint density at radius 2 is 2.00 bits per heavy atom. The lowest BCUT2D eigenvalue weighted by atomic mass is 9.99. The van der Waals surface area contributed by atoms with Crippen LogP contribution in [0.25, 0.3) is 0 Å². The monoisotopic (exact) mass is 255 g/mol. The first kappa shape index (κ1) is 15.0. The molecule has 0 saturated heterocycles. The van der Waals surface area contributed by atoms with Gasteiger partial charge in [0, 0.05) is 18.4 Å². The van der Waals surface area contributed by atoms with E-state index in [-0.39, 0.29) is 11.8 Å². The van der Waals surface area contributed by atoms with Crippen LogP contribution in [0.15, 0.2) is 0 Å². The number of carbonyl (C=O) groups excluding carboxylic acids is 2. The molecule has 0 aliphatic heterocycles. The largest absolute Gasteiger partial charge is 0.444 e. The van der Waals surface area contributed by atoms with Crippen LogP contribution in [-0.4, -0.2) is 24.0 Å². The molecule has 1 fully saturated rings. The Bertz CT molecular complexity index is 319. The fourth-order valence-electron chi connectivity index (χ4n) is 1.92. The molecule has 104 valence electrons. The van der Waals surface area contributed by atoms with E-state index >= 15 is 0 Å². The lowest BCUT2D eigenvalue weighted by Gasteiger charge is -2.19. The lowest BCUT2D eigenvalue weighted by Crippen LogP contribution is -2.34. The molecule has 3 unspecified atom stereocenters. The van der Waals surface area contributed by atoms with Crippen molar-refractivity contribution in [2.24, 2.45) is 17.8 Å². The van der Waals surface area contributed by atoms with Crippen LogP contribution >= 0.6 is 0 Å². The van der Waals surface area contributed by atoms with Crippen LogP contribution in [-0.2, 0) is 9.53 Å². The molecule has 1 aliphatic carbocycles. The first-order chi connectivity index (χ1) is 8.24. The highest BCUT2D eigenvalue weighted by atomic mass is 16.6. The van der Waals surface area contributed by atoms with Gasteiger partial charge in [0.05, 0.1) is 0 Å². The summed E-state index contributed by atoms with van der Waals surface area (Å²) >= 11 is 0. The Kier molecular flexibility index (Phi) is 4.77. The van der Waals surface area contributed by atoms with Gasteiger partial charge >= 0.3 is 6.09 Å². The maximum atomic E-state index is 11.9. The van der Waals surface area contributed by atoms with Crippen molar-refractivity contribution in [3.8, 4) is 0 Å². The molecule has 18 heavy (non-hydrogen) atoms. The van der Waals surface area contributed by atoms with Crippen molar-refractivity contribution in [2.45, 2.75) is 53.1 Å². The number of amides is 1. The number of Topliss-reactive ketones (excluding diaryl/α,β-unsaturated/α-hetero) is 1. The van der Waals surface area contributed by atoms with Crippen molar-refractivity contribution in [1.29, 1.82) is 0 Å². The van der Waals surface area contributed by atoms with E-state index in [1.54, 1.807) is 0 Å². The molecule has 1 N–H and O–H groups in total. The van der Waals surface area contributed by atoms with Crippen molar-refractivity contribution in [3.63, 3.8) is 0 Å². The second-order valence-corrected chi connectivity index (χ2v) is 6.20. The SMILES string of the molecule is CCC(C)C(=O)C1CC1CNC(=O)OC(C)(C)C. The second kappa shape index (κ2) is 5.72. The van der Waals surface area contributed by atoms with E-state index in [0.717, 1.165) is 12.8 Å². The molecule has 1 rings (SSSR count). The molecule has 0 aromatic rings. The third-order valence-electron chi connectivity index (χ3n) is 3.29. The fraction of sp³-hybridized carbons (Fsp3) is 0.857. The Labute approximate surface area is 109 Å². The molecule has 0 heterocycles. The van der Waals surface area contributed by atoms with Gasteiger partial charge in [0.25, 0.3) is 0 Å². The molecule has 0 bridgehead atoms. The molecule has 0 radical (unpaired) electrons. The predicted octanol–water partition coefficient (Wildman–Crippen LogP) is 2.76. The molecule has 1 saturated carbocycles. The molecule has 3 atom stereocenters.